The first kappa shape index (κ1) is 18.9. The van der Waals surface area contributed by atoms with Crippen LogP contribution in [0.1, 0.15) is 27.7 Å². The number of carbonyl (C=O) groups is 1. The highest BCUT2D eigenvalue weighted by Gasteiger charge is 2.23. The number of carbonyl (C=O) groups excluding carboxylic acids is 1. The predicted molar refractivity (Wildman–Crippen MR) is 111 cm³/mol. The Bertz CT molecular complexity index is 997. The Balaban J connectivity index is 1.55. The molecule has 0 spiro atoms. The molecule has 0 radical (unpaired) electrons. The van der Waals surface area contributed by atoms with Gasteiger partial charge in [0.05, 0.1) is 10.0 Å². The van der Waals surface area contributed by atoms with E-state index in [1.54, 1.807) is 30.6 Å². The second kappa shape index (κ2) is 8.27. The van der Waals surface area contributed by atoms with E-state index >= 15 is 0 Å². The molecular formula is C21H18Cl2N4O. The SMILES string of the molecule is O=C(c1cccnc1)c1cccc(N2CCNC(c3ccc(Cl)c(Cl)c3)C2)n1. The van der Waals surface area contributed by atoms with Crippen LogP contribution < -0.4 is 10.2 Å². The maximum Gasteiger partial charge on any atom is 0.212 e. The van der Waals surface area contributed by atoms with Gasteiger partial charge in [-0.3, -0.25) is 9.78 Å². The van der Waals surface area contributed by atoms with Crippen molar-refractivity contribution in [1.29, 1.82) is 0 Å². The largest absolute Gasteiger partial charge is 0.353 e. The van der Waals surface area contributed by atoms with Gasteiger partial charge in [0.1, 0.15) is 11.5 Å². The first-order valence-electron chi connectivity index (χ1n) is 8.97. The lowest BCUT2D eigenvalue weighted by Gasteiger charge is -2.35. The summed E-state index contributed by atoms with van der Waals surface area (Å²) in [7, 11) is 0. The molecule has 1 aliphatic heterocycles. The summed E-state index contributed by atoms with van der Waals surface area (Å²) >= 11 is 12.2. The molecule has 1 unspecified atom stereocenters. The number of ketones is 1. The normalized spacial score (nSPS) is 16.8. The van der Waals surface area contributed by atoms with Crippen LogP contribution in [0.3, 0.4) is 0 Å². The highest BCUT2D eigenvalue weighted by atomic mass is 35.5. The lowest BCUT2D eigenvalue weighted by atomic mass is 10.0. The Kier molecular flexibility index (Phi) is 5.57. The Labute approximate surface area is 173 Å². The number of rotatable bonds is 4. The van der Waals surface area contributed by atoms with E-state index < -0.39 is 0 Å². The van der Waals surface area contributed by atoms with Crippen molar-refractivity contribution in [3.05, 3.63) is 87.8 Å². The molecule has 142 valence electrons. The van der Waals surface area contributed by atoms with Gasteiger partial charge in [0.25, 0.3) is 0 Å². The van der Waals surface area contributed by atoms with E-state index in [2.05, 4.69) is 20.2 Å². The molecule has 1 aliphatic rings. The summed E-state index contributed by atoms with van der Waals surface area (Å²) < 4.78 is 0. The molecule has 1 atom stereocenters. The molecule has 7 heteroatoms. The second-order valence-electron chi connectivity index (χ2n) is 6.58. The van der Waals surface area contributed by atoms with Gasteiger partial charge in [-0.05, 0) is 42.0 Å². The first-order chi connectivity index (χ1) is 13.6. The predicted octanol–water partition coefficient (Wildman–Crippen LogP) is 4.17. The van der Waals surface area contributed by atoms with Crippen molar-refractivity contribution in [2.75, 3.05) is 24.5 Å². The van der Waals surface area contributed by atoms with Gasteiger partial charge in [0, 0.05) is 43.6 Å². The van der Waals surface area contributed by atoms with Crippen LogP contribution in [0.15, 0.2) is 60.9 Å². The number of hydrogen-bond acceptors (Lipinski definition) is 5. The van der Waals surface area contributed by atoms with Gasteiger partial charge in [0.15, 0.2) is 0 Å². The number of halogens is 2. The van der Waals surface area contributed by atoms with E-state index in [1.165, 1.54) is 0 Å². The van der Waals surface area contributed by atoms with Crippen molar-refractivity contribution < 1.29 is 4.79 Å². The molecular weight excluding hydrogens is 395 g/mol. The number of nitrogens with one attached hydrogen (secondary N) is 1. The van der Waals surface area contributed by atoms with Crippen LogP contribution in [0, 0.1) is 0 Å². The third-order valence-corrected chi connectivity index (χ3v) is 5.48. The maximum absolute atomic E-state index is 12.7. The summed E-state index contributed by atoms with van der Waals surface area (Å²) in [4.78, 5) is 23.5. The van der Waals surface area contributed by atoms with Crippen molar-refractivity contribution in [2.45, 2.75) is 6.04 Å². The van der Waals surface area contributed by atoms with Gasteiger partial charge < -0.3 is 10.2 Å². The Morgan fingerprint density at radius 2 is 2.00 bits per heavy atom. The third-order valence-electron chi connectivity index (χ3n) is 4.74. The van der Waals surface area contributed by atoms with Gasteiger partial charge in [0.2, 0.25) is 5.78 Å². The van der Waals surface area contributed by atoms with Crippen LogP contribution in [-0.2, 0) is 0 Å². The standard InChI is InChI=1S/C21H18Cl2N4O/c22-16-7-6-14(11-17(16)23)19-13-27(10-9-25-19)20-5-1-4-18(26-20)21(28)15-3-2-8-24-12-15/h1-8,11-12,19,25H,9-10,13H2. The second-order valence-corrected chi connectivity index (χ2v) is 7.39. The number of benzene rings is 1. The van der Waals surface area contributed by atoms with E-state index in [-0.39, 0.29) is 11.8 Å². The lowest BCUT2D eigenvalue weighted by Crippen LogP contribution is -2.46. The van der Waals surface area contributed by atoms with E-state index in [0.29, 0.717) is 21.3 Å². The highest BCUT2D eigenvalue weighted by Crippen LogP contribution is 2.28. The summed E-state index contributed by atoms with van der Waals surface area (Å²) in [6, 6.07) is 14.8. The Morgan fingerprint density at radius 1 is 1.11 bits per heavy atom. The molecule has 0 aliphatic carbocycles. The summed E-state index contributed by atoms with van der Waals surface area (Å²) in [6.07, 6.45) is 3.20. The van der Waals surface area contributed by atoms with Crippen LogP contribution in [0.25, 0.3) is 0 Å². The number of hydrogen-bond donors (Lipinski definition) is 1. The summed E-state index contributed by atoms with van der Waals surface area (Å²) in [5.74, 6) is 0.646. The minimum absolute atomic E-state index is 0.1000. The average Bonchev–Trinajstić information content (AvgIpc) is 2.76. The van der Waals surface area contributed by atoms with E-state index in [0.717, 1.165) is 31.0 Å². The third kappa shape index (κ3) is 4.02. The van der Waals surface area contributed by atoms with Crippen LogP contribution in [0.5, 0.6) is 0 Å². The van der Waals surface area contributed by atoms with Gasteiger partial charge in [-0.15, -0.1) is 0 Å². The van der Waals surface area contributed by atoms with Crippen LogP contribution in [0.4, 0.5) is 5.82 Å². The molecule has 28 heavy (non-hydrogen) atoms. The fourth-order valence-corrected chi connectivity index (χ4v) is 3.59. The molecule has 1 saturated heterocycles. The van der Waals surface area contributed by atoms with Gasteiger partial charge >= 0.3 is 0 Å². The number of aromatic nitrogens is 2. The Morgan fingerprint density at radius 3 is 2.79 bits per heavy atom. The van der Waals surface area contributed by atoms with Gasteiger partial charge in [-0.1, -0.05) is 35.3 Å². The average molecular weight is 413 g/mol. The molecule has 3 aromatic rings. The number of nitrogens with zero attached hydrogens (tertiary/aromatic N) is 3. The van der Waals surface area contributed by atoms with E-state index in [1.807, 2.05) is 30.3 Å². The number of pyridine rings is 2. The number of anilines is 1. The van der Waals surface area contributed by atoms with Crippen LogP contribution in [0.2, 0.25) is 10.0 Å². The van der Waals surface area contributed by atoms with Crippen molar-refractivity contribution in [2.24, 2.45) is 0 Å². The topological polar surface area (TPSA) is 58.1 Å². The smallest absolute Gasteiger partial charge is 0.212 e. The quantitative estimate of drug-likeness (QED) is 0.651. The summed E-state index contributed by atoms with van der Waals surface area (Å²) in [5.41, 5.74) is 2.01. The summed E-state index contributed by atoms with van der Waals surface area (Å²) in [6.45, 7) is 2.32. The zero-order valence-corrected chi connectivity index (χ0v) is 16.5. The molecule has 0 saturated carbocycles. The van der Waals surface area contributed by atoms with Crippen LogP contribution >= 0.6 is 23.2 Å². The highest BCUT2D eigenvalue weighted by molar-refractivity contribution is 6.42. The zero-order chi connectivity index (χ0) is 19.5. The van der Waals surface area contributed by atoms with Crippen molar-refractivity contribution in [3.8, 4) is 0 Å². The molecule has 0 amide bonds. The molecule has 1 N–H and O–H groups in total. The van der Waals surface area contributed by atoms with E-state index in [4.69, 9.17) is 23.2 Å². The Hall–Kier alpha value is -2.47. The van der Waals surface area contributed by atoms with Crippen molar-refractivity contribution >= 4 is 34.8 Å². The first-order valence-corrected chi connectivity index (χ1v) is 9.72. The molecule has 4 rings (SSSR count). The lowest BCUT2D eigenvalue weighted by molar-refractivity contribution is 0.103. The van der Waals surface area contributed by atoms with E-state index in [9.17, 15) is 4.79 Å². The molecule has 2 aromatic heterocycles. The molecule has 5 nitrogen and oxygen atoms in total. The fraction of sp³-hybridized carbons (Fsp3) is 0.190. The maximum atomic E-state index is 12.7. The van der Waals surface area contributed by atoms with Gasteiger partial charge in [-0.2, -0.15) is 0 Å². The molecule has 1 fully saturated rings. The molecule has 3 heterocycles. The monoisotopic (exact) mass is 412 g/mol. The van der Waals surface area contributed by atoms with Crippen molar-refractivity contribution in [1.82, 2.24) is 15.3 Å². The van der Waals surface area contributed by atoms with Crippen LogP contribution in [-0.4, -0.2) is 35.4 Å². The summed E-state index contributed by atoms with van der Waals surface area (Å²) in [5, 5.41) is 4.58. The molecule has 1 aromatic carbocycles. The minimum atomic E-state index is -0.133. The van der Waals surface area contributed by atoms with Crippen molar-refractivity contribution in [3.63, 3.8) is 0 Å². The van der Waals surface area contributed by atoms with Gasteiger partial charge in [-0.25, -0.2) is 4.98 Å². The number of piperazine rings is 1. The fourth-order valence-electron chi connectivity index (χ4n) is 3.28. The molecule has 0 bridgehead atoms. The minimum Gasteiger partial charge on any atom is -0.353 e. The zero-order valence-electron chi connectivity index (χ0n) is 15.0.